The number of esters is 2. The van der Waals surface area contributed by atoms with E-state index in [4.69, 9.17) is 21.1 Å². The third-order valence-electron chi connectivity index (χ3n) is 5.53. The van der Waals surface area contributed by atoms with Gasteiger partial charge in [-0.3, -0.25) is 30.0 Å². The second-order valence-electron chi connectivity index (χ2n) is 7.01. The van der Waals surface area contributed by atoms with Crippen molar-refractivity contribution >= 4 is 35.4 Å². The Hall–Kier alpha value is -2.61. The maximum atomic E-state index is 12.4. The predicted octanol–water partition coefficient (Wildman–Crippen LogP) is 0.842. The zero-order valence-electron chi connectivity index (χ0n) is 14.1. The Balaban J connectivity index is 1.26. The summed E-state index contributed by atoms with van der Waals surface area (Å²) >= 11 is 5.90. The van der Waals surface area contributed by atoms with Crippen LogP contribution in [0, 0.1) is 23.7 Å². The maximum Gasteiger partial charge on any atom is 0.310 e. The first kappa shape index (κ1) is 17.8. The van der Waals surface area contributed by atoms with Crippen LogP contribution in [0.2, 0.25) is 5.02 Å². The van der Waals surface area contributed by atoms with Crippen LogP contribution in [-0.2, 0) is 23.9 Å². The summed E-state index contributed by atoms with van der Waals surface area (Å²) < 4.78 is 10.3. The highest BCUT2D eigenvalue weighted by atomic mass is 35.5. The van der Waals surface area contributed by atoms with Gasteiger partial charge in [0, 0.05) is 5.92 Å². The number of rotatable bonds is 4. The predicted molar refractivity (Wildman–Crippen MR) is 91.1 cm³/mol. The number of carbonyl (C=O) groups is 4. The molecule has 5 atom stereocenters. The van der Waals surface area contributed by atoms with Gasteiger partial charge in [-0.15, -0.1) is 0 Å². The van der Waals surface area contributed by atoms with Crippen LogP contribution < -0.4 is 10.9 Å². The molecule has 27 heavy (non-hydrogen) atoms. The molecule has 142 valence electrons. The third kappa shape index (κ3) is 3.14. The monoisotopic (exact) mass is 392 g/mol. The molecule has 1 aliphatic heterocycles. The first-order chi connectivity index (χ1) is 13.0. The van der Waals surface area contributed by atoms with Crippen LogP contribution >= 0.6 is 11.6 Å². The number of carbonyl (C=O) groups excluding carboxylic acids is 4. The number of halogens is 1. The van der Waals surface area contributed by atoms with Crippen LogP contribution in [0.15, 0.2) is 24.3 Å². The molecule has 2 saturated carbocycles. The van der Waals surface area contributed by atoms with Gasteiger partial charge in [0.25, 0.3) is 11.8 Å². The minimum Gasteiger partial charge on any atom is -0.462 e. The first-order valence-corrected chi connectivity index (χ1v) is 9.04. The van der Waals surface area contributed by atoms with Crippen molar-refractivity contribution in [3.8, 4) is 0 Å². The number of hydrogen-bond donors (Lipinski definition) is 2. The Labute approximate surface area is 159 Å². The first-order valence-electron chi connectivity index (χ1n) is 8.66. The molecule has 9 heteroatoms. The summed E-state index contributed by atoms with van der Waals surface area (Å²) in [6.45, 7) is -0.555. The molecular formula is C18H17ClN2O6. The SMILES string of the molecule is O=C(COC(=O)[C@@H]1[C@@H]2C[C@@H]3[C@H]1C(=O)O[C@H]3C2)NNC(=O)c1ccccc1Cl. The van der Waals surface area contributed by atoms with Crippen molar-refractivity contribution in [3.05, 3.63) is 34.9 Å². The molecule has 2 aliphatic carbocycles. The highest BCUT2D eigenvalue weighted by molar-refractivity contribution is 6.33. The zero-order chi connectivity index (χ0) is 19.1. The third-order valence-corrected chi connectivity index (χ3v) is 5.86. The second kappa shape index (κ2) is 6.84. The average molecular weight is 393 g/mol. The summed E-state index contributed by atoms with van der Waals surface area (Å²) in [7, 11) is 0. The van der Waals surface area contributed by atoms with Crippen molar-refractivity contribution in [2.24, 2.45) is 23.7 Å². The quantitative estimate of drug-likeness (QED) is 0.580. The van der Waals surface area contributed by atoms with Crippen molar-refractivity contribution in [1.82, 2.24) is 10.9 Å². The number of amides is 2. The second-order valence-corrected chi connectivity index (χ2v) is 7.42. The van der Waals surface area contributed by atoms with E-state index in [2.05, 4.69) is 10.9 Å². The summed E-state index contributed by atoms with van der Waals surface area (Å²) in [5.41, 5.74) is 4.57. The van der Waals surface area contributed by atoms with Crippen LogP contribution in [0.3, 0.4) is 0 Å². The standard InChI is InChI=1S/C18H17ClN2O6/c19-11-4-2-1-3-9(11)16(23)21-20-13(22)7-26-17(24)14-8-5-10-12(6-8)27-18(25)15(10)14/h1-4,8,10,12,14-15H,5-7H2,(H,20,22)(H,21,23)/t8-,10+,12+,14-,15-/m1/s1. The number of fused-ring (bicyclic) bond motifs is 1. The van der Waals surface area contributed by atoms with Gasteiger partial charge in [0.1, 0.15) is 6.10 Å². The van der Waals surface area contributed by atoms with E-state index in [0.717, 1.165) is 6.42 Å². The van der Waals surface area contributed by atoms with E-state index < -0.39 is 36.2 Å². The van der Waals surface area contributed by atoms with Crippen LogP contribution in [0.4, 0.5) is 0 Å². The van der Waals surface area contributed by atoms with Crippen LogP contribution in [0.1, 0.15) is 23.2 Å². The fourth-order valence-corrected chi connectivity index (χ4v) is 4.65. The van der Waals surface area contributed by atoms with E-state index in [-0.39, 0.29) is 34.5 Å². The summed E-state index contributed by atoms with van der Waals surface area (Å²) in [5, 5.41) is 0.244. The fraction of sp³-hybridized carbons (Fsp3) is 0.444. The van der Waals surface area contributed by atoms with Gasteiger partial charge in [-0.2, -0.15) is 0 Å². The lowest BCUT2D eigenvalue weighted by molar-refractivity contribution is -0.158. The number of benzene rings is 1. The molecule has 2 bridgehead atoms. The highest BCUT2D eigenvalue weighted by Gasteiger charge is 2.64. The Bertz CT molecular complexity index is 826. The van der Waals surface area contributed by atoms with Crippen molar-refractivity contribution in [2.45, 2.75) is 18.9 Å². The molecule has 1 heterocycles. The molecule has 0 aromatic heterocycles. The molecule has 1 saturated heterocycles. The normalized spacial score (nSPS) is 30.0. The van der Waals surface area contributed by atoms with E-state index in [9.17, 15) is 19.2 Å². The molecule has 0 radical (unpaired) electrons. The lowest BCUT2D eigenvalue weighted by atomic mass is 9.80. The van der Waals surface area contributed by atoms with Gasteiger partial charge >= 0.3 is 11.9 Å². The van der Waals surface area contributed by atoms with Gasteiger partial charge in [0.05, 0.1) is 22.4 Å². The molecule has 2 N–H and O–H groups in total. The number of hydrazine groups is 1. The summed E-state index contributed by atoms with van der Waals surface area (Å²) in [4.78, 5) is 48.1. The molecule has 1 aromatic carbocycles. The van der Waals surface area contributed by atoms with Gasteiger partial charge in [-0.25, -0.2) is 0 Å². The van der Waals surface area contributed by atoms with Crippen molar-refractivity contribution in [2.75, 3.05) is 6.61 Å². The lowest BCUT2D eigenvalue weighted by Gasteiger charge is -2.22. The van der Waals surface area contributed by atoms with Gasteiger partial charge in [0.2, 0.25) is 0 Å². The van der Waals surface area contributed by atoms with Crippen molar-refractivity contribution < 1.29 is 28.7 Å². The molecule has 2 amide bonds. The van der Waals surface area contributed by atoms with Gasteiger partial charge < -0.3 is 9.47 Å². The van der Waals surface area contributed by atoms with Crippen LogP contribution in [0.5, 0.6) is 0 Å². The van der Waals surface area contributed by atoms with Gasteiger partial charge in [0.15, 0.2) is 6.61 Å². The van der Waals surface area contributed by atoms with E-state index in [0.29, 0.717) is 6.42 Å². The Morgan fingerprint density at radius 3 is 2.74 bits per heavy atom. The highest BCUT2D eigenvalue weighted by Crippen LogP contribution is 2.57. The van der Waals surface area contributed by atoms with E-state index >= 15 is 0 Å². The molecule has 0 spiro atoms. The molecule has 1 aromatic rings. The summed E-state index contributed by atoms with van der Waals surface area (Å²) in [6.07, 6.45) is 1.38. The maximum absolute atomic E-state index is 12.4. The van der Waals surface area contributed by atoms with Gasteiger partial charge in [-0.1, -0.05) is 23.7 Å². The van der Waals surface area contributed by atoms with Crippen molar-refractivity contribution in [1.29, 1.82) is 0 Å². The Morgan fingerprint density at radius 1 is 1.19 bits per heavy atom. The topological polar surface area (TPSA) is 111 Å². The largest absolute Gasteiger partial charge is 0.462 e. The summed E-state index contributed by atoms with van der Waals surface area (Å²) in [5.74, 6) is -3.06. The lowest BCUT2D eigenvalue weighted by Crippen LogP contribution is -2.44. The van der Waals surface area contributed by atoms with E-state index in [1.54, 1.807) is 18.2 Å². The minimum atomic E-state index is -0.696. The van der Waals surface area contributed by atoms with E-state index in [1.807, 2.05) is 0 Å². The minimum absolute atomic E-state index is 0.0620. The number of nitrogens with one attached hydrogen (secondary N) is 2. The van der Waals surface area contributed by atoms with Crippen molar-refractivity contribution in [3.63, 3.8) is 0 Å². The van der Waals surface area contributed by atoms with E-state index in [1.165, 1.54) is 6.07 Å². The molecule has 4 rings (SSSR count). The molecule has 3 aliphatic rings. The van der Waals surface area contributed by atoms with Gasteiger partial charge in [-0.05, 0) is 30.9 Å². The number of ether oxygens (including phenoxy) is 2. The Kier molecular flexibility index (Phi) is 4.51. The molecule has 0 unspecified atom stereocenters. The average Bonchev–Trinajstić information content (AvgIpc) is 3.27. The number of hydrogen-bond acceptors (Lipinski definition) is 6. The Morgan fingerprint density at radius 2 is 1.96 bits per heavy atom. The van der Waals surface area contributed by atoms with Crippen LogP contribution in [-0.4, -0.2) is 36.5 Å². The smallest absolute Gasteiger partial charge is 0.310 e. The zero-order valence-corrected chi connectivity index (χ0v) is 14.9. The molecule has 3 fully saturated rings. The summed E-state index contributed by atoms with van der Waals surface area (Å²) in [6, 6.07) is 6.37. The van der Waals surface area contributed by atoms with Crippen LogP contribution in [0.25, 0.3) is 0 Å². The molecular weight excluding hydrogens is 376 g/mol. The molecule has 8 nitrogen and oxygen atoms in total. The fourth-order valence-electron chi connectivity index (χ4n) is 4.43.